The fraction of sp³-hybridized carbons (Fsp3) is 0.897. The number of esters is 3. The van der Waals surface area contributed by atoms with Gasteiger partial charge in [-0.05, 0) is 64.2 Å². The first-order chi connectivity index (χ1) is 36.5. The summed E-state index contributed by atoms with van der Waals surface area (Å²) in [6, 6.07) is 0. The molecule has 0 aromatic heterocycles. The third-order valence-electron chi connectivity index (χ3n) is 15.2. The molecule has 0 aromatic rings. The first-order valence-corrected chi connectivity index (χ1v) is 33.3. The van der Waals surface area contributed by atoms with Crippen LogP contribution in [0.5, 0.6) is 0 Å². The average molecular weight is 1040 g/mol. The average Bonchev–Trinajstić information content (AvgIpc) is 3.40. The Kier molecular flexibility index (Phi) is 61.6. The topological polar surface area (TPSA) is 78.9 Å². The van der Waals surface area contributed by atoms with Crippen molar-refractivity contribution in [2.24, 2.45) is 0 Å². The summed E-state index contributed by atoms with van der Waals surface area (Å²) in [4.78, 5) is 38.2. The van der Waals surface area contributed by atoms with Gasteiger partial charge >= 0.3 is 17.9 Å². The van der Waals surface area contributed by atoms with Crippen LogP contribution in [0.3, 0.4) is 0 Å². The molecular formula is C68H128O6. The molecule has 0 saturated heterocycles. The molecule has 0 saturated carbocycles. The summed E-state index contributed by atoms with van der Waals surface area (Å²) >= 11 is 0. The van der Waals surface area contributed by atoms with E-state index < -0.39 is 6.10 Å². The minimum atomic E-state index is -0.773. The Hall–Kier alpha value is -2.11. The van der Waals surface area contributed by atoms with Gasteiger partial charge in [0.05, 0.1) is 0 Å². The van der Waals surface area contributed by atoms with Crippen LogP contribution in [0, 0.1) is 0 Å². The van der Waals surface area contributed by atoms with Crippen molar-refractivity contribution in [3.63, 3.8) is 0 Å². The third-order valence-corrected chi connectivity index (χ3v) is 15.2. The Balaban J connectivity index is 4.16. The summed E-state index contributed by atoms with van der Waals surface area (Å²) in [5, 5.41) is 0. The highest BCUT2D eigenvalue weighted by Gasteiger charge is 2.19. The second-order valence-corrected chi connectivity index (χ2v) is 22.7. The van der Waals surface area contributed by atoms with E-state index in [4.69, 9.17) is 14.2 Å². The molecule has 436 valence electrons. The van der Waals surface area contributed by atoms with Crippen LogP contribution in [0.15, 0.2) is 24.3 Å². The zero-order valence-corrected chi connectivity index (χ0v) is 50.1. The van der Waals surface area contributed by atoms with Gasteiger partial charge in [0.2, 0.25) is 0 Å². The number of rotatable bonds is 62. The first-order valence-electron chi connectivity index (χ1n) is 33.3. The monoisotopic (exact) mass is 1040 g/mol. The van der Waals surface area contributed by atoms with Crippen LogP contribution in [0.25, 0.3) is 0 Å². The van der Waals surface area contributed by atoms with Gasteiger partial charge in [-0.25, -0.2) is 0 Å². The fourth-order valence-corrected chi connectivity index (χ4v) is 10.2. The van der Waals surface area contributed by atoms with E-state index in [1.165, 1.54) is 263 Å². The standard InChI is InChI=1S/C68H128O6/c1-4-7-10-13-16-19-22-24-26-28-30-32-33-34-35-37-38-40-42-44-46-49-52-55-58-61-67(70)73-64-65(63-72-66(69)60-57-54-51-48-21-18-15-12-9-6-3)74-68(71)62-59-56-53-50-47-45-43-41-39-36-31-29-27-25-23-20-17-14-11-8-5-2/h12,15,29,31,65H,4-11,13-14,16-28,30,32-64H2,1-3H3/b15-12-,31-29-. The Bertz CT molecular complexity index is 1190. The number of hydrogen-bond donors (Lipinski definition) is 0. The molecule has 1 unspecified atom stereocenters. The predicted molar refractivity (Wildman–Crippen MR) is 321 cm³/mol. The first kappa shape index (κ1) is 71.9. The molecule has 0 N–H and O–H groups in total. The molecule has 0 bridgehead atoms. The number of ether oxygens (including phenoxy) is 3. The Morgan fingerprint density at radius 1 is 0.257 bits per heavy atom. The normalized spacial score (nSPS) is 12.1. The number of allylic oxidation sites excluding steroid dienone is 4. The van der Waals surface area contributed by atoms with Crippen molar-refractivity contribution in [2.45, 2.75) is 380 Å². The maximum atomic E-state index is 12.9. The summed E-state index contributed by atoms with van der Waals surface area (Å²) in [7, 11) is 0. The maximum absolute atomic E-state index is 12.9. The van der Waals surface area contributed by atoms with Crippen molar-refractivity contribution < 1.29 is 28.6 Å². The van der Waals surface area contributed by atoms with Crippen molar-refractivity contribution in [3.8, 4) is 0 Å². The van der Waals surface area contributed by atoms with E-state index in [0.29, 0.717) is 19.3 Å². The summed E-state index contributed by atoms with van der Waals surface area (Å²) in [6.45, 7) is 6.64. The smallest absolute Gasteiger partial charge is 0.306 e. The molecule has 0 aliphatic carbocycles. The highest BCUT2D eigenvalue weighted by atomic mass is 16.6. The lowest BCUT2D eigenvalue weighted by Gasteiger charge is -2.18. The molecule has 0 fully saturated rings. The molecule has 0 aliphatic rings. The van der Waals surface area contributed by atoms with E-state index in [9.17, 15) is 14.4 Å². The SMILES string of the molecule is CCC/C=C\CCCCCCCC(=O)OCC(COC(=O)CCCCCCCCCCCCCCCCCCCCCCCCCCC)OC(=O)CCCCCCCCCCC/C=C\CCCCCCCCCC. The molecular weight excluding hydrogens is 913 g/mol. The van der Waals surface area contributed by atoms with E-state index in [1.54, 1.807) is 0 Å². The highest BCUT2D eigenvalue weighted by Crippen LogP contribution is 2.18. The lowest BCUT2D eigenvalue weighted by Crippen LogP contribution is -2.30. The summed E-state index contributed by atoms with van der Waals surface area (Å²) < 4.78 is 16.9. The quantitative estimate of drug-likeness (QED) is 0.0261. The zero-order chi connectivity index (χ0) is 53.6. The molecule has 0 rings (SSSR count). The minimum Gasteiger partial charge on any atom is -0.462 e. The highest BCUT2D eigenvalue weighted by molar-refractivity contribution is 5.71. The van der Waals surface area contributed by atoms with Crippen molar-refractivity contribution in [1.29, 1.82) is 0 Å². The van der Waals surface area contributed by atoms with E-state index in [0.717, 1.165) is 70.6 Å². The molecule has 0 heterocycles. The molecule has 0 aliphatic heterocycles. The molecule has 0 aromatic carbocycles. The predicted octanol–water partition coefficient (Wildman–Crippen LogP) is 22.6. The number of hydrogen-bond acceptors (Lipinski definition) is 6. The van der Waals surface area contributed by atoms with Crippen LogP contribution < -0.4 is 0 Å². The van der Waals surface area contributed by atoms with Gasteiger partial charge in [-0.3, -0.25) is 14.4 Å². The van der Waals surface area contributed by atoms with E-state index in [-0.39, 0.29) is 31.1 Å². The Labute approximate surface area is 462 Å². The van der Waals surface area contributed by atoms with Crippen LogP contribution in [-0.2, 0) is 28.6 Å². The van der Waals surface area contributed by atoms with E-state index in [1.807, 2.05) is 0 Å². The van der Waals surface area contributed by atoms with Gasteiger partial charge in [-0.1, -0.05) is 315 Å². The van der Waals surface area contributed by atoms with Crippen molar-refractivity contribution in [1.82, 2.24) is 0 Å². The van der Waals surface area contributed by atoms with Crippen LogP contribution in [0.4, 0.5) is 0 Å². The molecule has 6 nitrogen and oxygen atoms in total. The van der Waals surface area contributed by atoms with Gasteiger partial charge in [0.1, 0.15) is 13.2 Å². The molecule has 6 heteroatoms. The summed E-state index contributed by atoms with van der Waals surface area (Å²) in [5.41, 5.74) is 0. The summed E-state index contributed by atoms with van der Waals surface area (Å²) in [5.74, 6) is -0.858. The number of carbonyl (C=O) groups is 3. The minimum absolute atomic E-state index is 0.0698. The van der Waals surface area contributed by atoms with Gasteiger partial charge < -0.3 is 14.2 Å². The van der Waals surface area contributed by atoms with Crippen molar-refractivity contribution in [2.75, 3.05) is 13.2 Å². The van der Waals surface area contributed by atoms with Crippen LogP contribution in [0.1, 0.15) is 374 Å². The third kappa shape index (κ3) is 60.8. The Morgan fingerprint density at radius 3 is 0.730 bits per heavy atom. The fourth-order valence-electron chi connectivity index (χ4n) is 10.2. The second kappa shape index (κ2) is 63.4. The lowest BCUT2D eigenvalue weighted by atomic mass is 10.0. The van der Waals surface area contributed by atoms with Gasteiger partial charge in [0, 0.05) is 19.3 Å². The van der Waals surface area contributed by atoms with Gasteiger partial charge in [0.25, 0.3) is 0 Å². The zero-order valence-electron chi connectivity index (χ0n) is 50.1. The van der Waals surface area contributed by atoms with Crippen molar-refractivity contribution in [3.05, 3.63) is 24.3 Å². The van der Waals surface area contributed by atoms with Gasteiger partial charge in [0.15, 0.2) is 6.10 Å². The van der Waals surface area contributed by atoms with E-state index >= 15 is 0 Å². The molecule has 0 spiro atoms. The lowest BCUT2D eigenvalue weighted by molar-refractivity contribution is -0.167. The van der Waals surface area contributed by atoms with Gasteiger partial charge in [-0.15, -0.1) is 0 Å². The summed E-state index contributed by atoms with van der Waals surface area (Å²) in [6.07, 6.45) is 76.4. The molecule has 0 radical (unpaired) electrons. The molecule has 0 amide bonds. The van der Waals surface area contributed by atoms with Crippen LogP contribution in [0.2, 0.25) is 0 Å². The van der Waals surface area contributed by atoms with Crippen molar-refractivity contribution >= 4 is 17.9 Å². The number of unbranched alkanes of at least 4 members (excludes halogenated alkanes) is 47. The second-order valence-electron chi connectivity index (χ2n) is 22.7. The largest absolute Gasteiger partial charge is 0.462 e. The van der Waals surface area contributed by atoms with Gasteiger partial charge in [-0.2, -0.15) is 0 Å². The van der Waals surface area contributed by atoms with Crippen LogP contribution >= 0.6 is 0 Å². The molecule has 74 heavy (non-hydrogen) atoms. The number of carbonyl (C=O) groups excluding carboxylic acids is 3. The Morgan fingerprint density at radius 2 is 0.473 bits per heavy atom. The van der Waals surface area contributed by atoms with Crippen LogP contribution in [-0.4, -0.2) is 37.2 Å². The molecule has 1 atom stereocenters. The van der Waals surface area contributed by atoms with E-state index in [2.05, 4.69) is 45.1 Å². The maximum Gasteiger partial charge on any atom is 0.306 e.